The zero-order chi connectivity index (χ0) is 12.0. The third kappa shape index (κ3) is 4.68. The molecule has 1 rings (SSSR count). The van der Waals surface area contributed by atoms with E-state index in [0.717, 1.165) is 12.4 Å². The first-order valence-electron chi connectivity index (χ1n) is 5.06. The molecule has 0 aliphatic carbocycles. The number of hydrogen-bond donors (Lipinski definition) is 2. The molecule has 1 amide bonds. The summed E-state index contributed by atoms with van der Waals surface area (Å²) in [7, 11) is 0. The molecule has 16 heavy (non-hydrogen) atoms. The Balaban J connectivity index is 2.31. The van der Waals surface area contributed by atoms with Crippen molar-refractivity contribution in [2.24, 2.45) is 5.92 Å². The number of aromatic nitrogens is 2. The number of carbonyl (C=O) groups excluding carboxylic acids is 1. The van der Waals surface area contributed by atoms with Gasteiger partial charge in [-0.1, -0.05) is 13.8 Å². The van der Waals surface area contributed by atoms with E-state index in [2.05, 4.69) is 20.6 Å². The number of nitrogens with zero attached hydrogens (tertiary/aromatic N) is 2. The lowest BCUT2D eigenvalue weighted by atomic mass is 10.2. The second-order valence-electron chi connectivity index (χ2n) is 3.78. The van der Waals surface area contributed by atoms with Crippen LogP contribution in [0.15, 0.2) is 12.4 Å². The number of anilines is 1. The molecule has 0 unspecified atom stereocenters. The summed E-state index contributed by atoms with van der Waals surface area (Å²) < 4.78 is 12.7. The molecular formula is C10H15FN4O. The molecule has 0 saturated heterocycles. The van der Waals surface area contributed by atoms with Crippen molar-refractivity contribution < 1.29 is 9.18 Å². The van der Waals surface area contributed by atoms with Gasteiger partial charge in [0.2, 0.25) is 11.9 Å². The SMILES string of the molecule is CC(C)CNC(=O)CNc1cc(F)ncn1. The summed E-state index contributed by atoms with van der Waals surface area (Å²) in [5.74, 6) is -0.0690. The lowest BCUT2D eigenvalue weighted by Gasteiger charge is -2.08. The van der Waals surface area contributed by atoms with E-state index in [1.54, 1.807) is 0 Å². The Morgan fingerprint density at radius 3 is 2.88 bits per heavy atom. The summed E-state index contributed by atoms with van der Waals surface area (Å²) in [6.45, 7) is 4.71. The van der Waals surface area contributed by atoms with Crippen molar-refractivity contribution in [3.05, 3.63) is 18.3 Å². The van der Waals surface area contributed by atoms with E-state index >= 15 is 0 Å². The number of carbonyl (C=O) groups is 1. The van der Waals surface area contributed by atoms with Gasteiger partial charge in [0.05, 0.1) is 6.54 Å². The third-order valence-corrected chi connectivity index (χ3v) is 1.77. The lowest BCUT2D eigenvalue weighted by molar-refractivity contribution is -0.119. The van der Waals surface area contributed by atoms with Crippen LogP contribution in [0, 0.1) is 11.9 Å². The molecule has 2 N–H and O–H groups in total. The Kier molecular flexibility index (Phi) is 4.63. The maximum Gasteiger partial charge on any atom is 0.239 e. The molecule has 0 bridgehead atoms. The second-order valence-corrected chi connectivity index (χ2v) is 3.78. The summed E-state index contributed by atoms with van der Waals surface area (Å²) >= 11 is 0. The van der Waals surface area contributed by atoms with Crippen molar-refractivity contribution >= 4 is 11.7 Å². The molecule has 0 aliphatic heterocycles. The predicted octanol–water partition coefficient (Wildman–Crippen LogP) is 0.800. The standard InChI is InChI=1S/C10H15FN4O/c1-7(2)4-13-10(16)5-12-9-3-8(11)14-6-15-9/h3,6-7H,4-5H2,1-2H3,(H,13,16)(H,12,14,15). The molecule has 5 nitrogen and oxygen atoms in total. The molecule has 0 fully saturated rings. The Morgan fingerprint density at radius 1 is 1.50 bits per heavy atom. The van der Waals surface area contributed by atoms with Gasteiger partial charge < -0.3 is 10.6 Å². The van der Waals surface area contributed by atoms with Crippen LogP contribution in [0.2, 0.25) is 0 Å². The Labute approximate surface area is 93.5 Å². The van der Waals surface area contributed by atoms with Crippen LogP contribution in [-0.2, 0) is 4.79 Å². The van der Waals surface area contributed by atoms with Crippen molar-refractivity contribution in [3.8, 4) is 0 Å². The van der Waals surface area contributed by atoms with Gasteiger partial charge in [0.25, 0.3) is 0 Å². The third-order valence-electron chi connectivity index (χ3n) is 1.77. The van der Waals surface area contributed by atoms with Crippen LogP contribution in [0.4, 0.5) is 10.2 Å². The summed E-state index contributed by atoms with van der Waals surface area (Å²) in [4.78, 5) is 18.4. The van der Waals surface area contributed by atoms with Crippen LogP contribution in [0.1, 0.15) is 13.8 Å². The molecule has 0 radical (unpaired) electrons. The molecule has 1 aromatic rings. The van der Waals surface area contributed by atoms with Crippen molar-refractivity contribution in [1.82, 2.24) is 15.3 Å². The zero-order valence-electron chi connectivity index (χ0n) is 9.33. The van der Waals surface area contributed by atoms with E-state index in [1.165, 1.54) is 0 Å². The molecule has 1 aromatic heterocycles. The molecule has 6 heteroatoms. The number of hydrogen-bond acceptors (Lipinski definition) is 4. The molecule has 88 valence electrons. The summed E-state index contributed by atoms with van der Waals surface area (Å²) in [5.41, 5.74) is 0. The number of halogens is 1. The smallest absolute Gasteiger partial charge is 0.239 e. The Morgan fingerprint density at radius 2 is 2.25 bits per heavy atom. The number of amides is 1. The summed E-state index contributed by atoms with van der Waals surface area (Å²) in [5, 5.41) is 5.43. The lowest BCUT2D eigenvalue weighted by Crippen LogP contribution is -2.32. The quantitative estimate of drug-likeness (QED) is 0.729. The van der Waals surface area contributed by atoms with Gasteiger partial charge in [-0.05, 0) is 5.92 Å². The minimum atomic E-state index is -0.625. The van der Waals surface area contributed by atoms with Gasteiger partial charge in [-0.2, -0.15) is 4.39 Å². The second kappa shape index (κ2) is 5.99. The van der Waals surface area contributed by atoms with E-state index in [-0.39, 0.29) is 12.5 Å². The average Bonchev–Trinajstić information content (AvgIpc) is 2.23. The predicted molar refractivity (Wildman–Crippen MR) is 58.3 cm³/mol. The van der Waals surface area contributed by atoms with Crippen LogP contribution in [0.3, 0.4) is 0 Å². The van der Waals surface area contributed by atoms with Crippen LogP contribution in [-0.4, -0.2) is 29.0 Å². The van der Waals surface area contributed by atoms with Crippen molar-refractivity contribution in [1.29, 1.82) is 0 Å². The van der Waals surface area contributed by atoms with Gasteiger partial charge in [0, 0.05) is 12.6 Å². The highest BCUT2D eigenvalue weighted by Gasteiger charge is 2.03. The fraction of sp³-hybridized carbons (Fsp3) is 0.500. The monoisotopic (exact) mass is 226 g/mol. The highest BCUT2D eigenvalue weighted by atomic mass is 19.1. The van der Waals surface area contributed by atoms with E-state index in [0.29, 0.717) is 18.3 Å². The normalized spacial score (nSPS) is 10.2. The number of rotatable bonds is 5. The molecule has 0 aliphatic rings. The minimum Gasteiger partial charge on any atom is -0.361 e. The van der Waals surface area contributed by atoms with Gasteiger partial charge in [0.15, 0.2) is 0 Å². The fourth-order valence-electron chi connectivity index (χ4n) is 0.982. The fourth-order valence-corrected chi connectivity index (χ4v) is 0.982. The largest absolute Gasteiger partial charge is 0.361 e. The van der Waals surface area contributed by atoms with Crippen LogP contribution in [0.5, 0.6) is 0 Å². The zero-order valence-corrected chi connectivity index (χ0v) is 9.33. The maximum atomic E-state index is 12.7. The Hall–Kier alpha value is -1.72. The Bertz CT molecular complexity index is 356. The molecule has 0 aromatic carbocycles. The molecule has 0 saturated carbocycles. The summed E-state index contributed by atoms with van der Waals surface area (Å²) in [6, 6.07) is 1.13. The van der Waals surface area contributed by atoms with Crippen molar-refractivity contribution in [2.45, 2.75) is 13.8 Å². The van der Waals surface area contributed by atoms with Crippen molar-refractivity contribution in [2.75, 3.05) is 18.4 Å². The molecule has 0 atom stereocenters. The van der Waals surface area contributed by atoms with Crippen LogP contribution < -0.4 is 10.6 Å². The van der Waals surface area contributed by atoms with Crippen LogP contribution in [0.25, 0.3) is 0 Å². The van der Waals surface area contributed by atoms with Crippen molar-refractivity contribution in [3.63, 3.8) is 0 Å². The van der Waals surface area contributed by atoms with Gasteiger partial charge in [0.1, 0.15) is 12.1 Å². The molecular weight excluding hydrogens is 211 g/mol. The van der Waals surface area contributed by atoms with E-state index in [9.17, 15) is 9.18 Å². The summed E-state index contributed by atoms with van der Waals surface area (Å²) in [6.07, 6.45) is 1.10. The van der Waals surface area contributed by atoms with Gasteiger partial charge in [-0.15, -0.1) is 0 Å². The first-order valence-corrected chi connectivity index (χ1v) is 5.06. The topological polar surface area (TPSA) is 66.9 Å². The van der Waals surface area contributed by atoms with E-state index < -0.39 is 5.95 Å². The highest BCUT2D eigenvalue weighted by Crippen LogP contribution is 2.00. The highest BCUT2D eigenvalue weighted by molar-refractivity contribution is 5.80. The molecule has 1 heterocycles. The van der Waals surface area contributed by atoms with Crippen LogP contribution >= 0.6 is 0 Å². The van der Waals surface area contributed by atoms with Gasteiger partial charge >= 0.3 is 0 Å². The minimum absolute atomic E-state index is 0.0726. The first-order chi connectivity index (χ1) is 7.58. The molecule has 0 spiro atoms. The number of nitrogens with one attached hydrogen (secondary N) is 2. The van der Waals surface area contributed by atoms with Gasteiger partial charge in [-0.25, -0.2) is 9.97 Å². The van der Waals surface area contributed by atoms with E-state index in [4.69, 9.17) is 0 Å². The maximum absolute atomic E-state index is 12.7. The van der Waals surface area contributed by atoms with Gasteiger partial charge in [-0.3, -0.25) is 4.79 Å². The first kappa shape index (κ1) is 12.4. The average molecular weight is 226 g/mol. The van der Waals surface area contributed by atoms with E-state index in [1.807, 2.05) is 13.8 Å².